The Labute approximate surface area is 188 Å². The highest BCUT2D eigenvalue weighted by Crippen LogP contribution is 2.11. The van der Waals surface area contributed by atoms with Crippen molar-refractivity contribution in [3.8, 4) is 5.75 Å². The largest absolute Gasteiger partial charge is 0.508 e. The molecule has 0 heterocycles. The Bertz CT molecular complexity index is 847. The molecule has 0 aromatic heterocycles. The molecule has 33 heavy (non-hydrogen) atoms. The third kappa shape index (κ3) is 9.51. The minimum Gasteiger partial charge on any atom is -0.508 e. The summed E-state index contributed by atoms with van der Waals surface area (Å²) in [6.45, 7) is -2.85. The highest BCUT2D eigenvalue weighted by Gasteiger charge is 2.29. The van der Waals surface area contributed by atoms with Crippen LogP contribution < -0.4 is 27.0 Å². The summed E-state index contributed by atoms with van der Waals surface area (Å²) < 4.78 is 0. The number of carbonyl (C=O) groups excluding carboxylic acids is 4. The molecular formula is C19H27N5O9. The van der Waals surface area contributed by atoms with Crippen molar-refractivity contribution in [3.63, 3.8) is 0 Å². The SMILES string of the molecule is NCC(=O)N[C@@H](CO)C(=O)N[C@@H](CO)C(=O)N[C@@H](Cc1ccc(O)cc1)C(=O)NCC(=O)O. The highest BCUT2D eigenvalue weighted by molar-refractivity contribution is 5.95. The quantitative estimate of drug-likeness (QED) is 0.134. The van der Waals surface area contributed by atoms with Crippen molar-refractivity contribution >= 4 is 29.6 Å². The zero-order valence-corrected chi connectivity index (χ0v) is 17.5. The number of phenolic OH excluding ortho intramolecular Hbond substituents is 1. The van der Waals surface area contributed by atoms with Gasteiger partial charge in [0.05, 0.1) is 19.8 Å². The average molecular weight is 469 g/mol. The molecule has 0 aliphatic rings. The molecule has 0 radical (unpaired) electrons. The van der Waals surface area contributed by atoms with Crippen LogP contribution in [0.25, 0.3) is 0 Å². The van der Waals surface area contributed by atoms with Gasteiger partial charge in [-0.05, 0) is 17.7 Å². The number of phenols is 1. The second kappa shape index (κ2) is 13.6. The number of rotatable bonds is 13. The molecule has 14 heteroatoms. The number of aliphatic hydroxyl groups is 2. The van der Waals surface area contributed by atoms with Crippen molar-refractivity contribution in [1.29, 1.82) is 0 Å². The molecule has 0 spiro atoms. The number of hydrogen-bond acceptors (Lipinski definition) is 9. The Kier molecular flexibility index (Phi) is 11.3. The Hall–Kier alpha value is -3.75. The molecule has 0 fully saturated rings. The third-order valence-electron chi connectivity index (χ3n) is 4.26. The summed E-state index contributed by atoms with van der Waals surface area (Å²) >= 11 is 0. The fourth-order valence-corrected chi connectivity index (χ4v) is 2.55. The first-order valence-corrected chi connectivity index (χ1v) is 9.70. The van der Waals surface area contributed by atoms with Gasteiger partial charge in [-0.2, -0.15) is 0 Å². The number of hydrogen-bond donors (Lipinski definition) is 9. The molecule has 1 aromatic rings. The molecule has 10 N–H and O–H groups in total. The van der Waals surface area contributed by atoms with Crippen molar-refractivity contribution < 1.29 is 44.4 Å². The van der Waals surface area contributed by atoms with E-state index in [9.17, 15) is 39.3 Å². The molecule has 0 saturated carbocycles. The Morgan fingerprint density at radius 2 is 1.33 bits per heavy atom. The van der Waals surface area contributed by atoms with E-state index in [0.29, 0.717) is 5.56 Å². The van der Waals surface area contributed by atoms with Crippen molar-refractivity contribution in [2.45, 2.75) is 24.5 Å². The van der Waals surface area contributed by atoms with E-state index in [0.717, 1.165) is 0 Å². The van der Waals surface area contributed by atoms with Crippen molar-refractivity contribution in [2.75, 3.05) is 26.3 Å². The van der Waals surface area contributed by atoms with Crippen molar-refractivity contribution in [2.24, 2.45) is 5.73 Å². The van der Waals surface area contributed by atoms with Gasteiger partial charge in [0, 0.05) is 6.42 Å². The monoisotopic (exact) mass is 469 g/mol. The normalized spacial score (nSPS) is 13.2. The molecule has 1 aromatic carbocycles. The molecule has 14 nitrogen and oxygen atoms in total. The van der Waals surface area contributed by atoms with Gasteiger partial charge in [0.2, 0.25) is 23.6 Å². The van der Waals surface area contributed by atoms with E-state index < -0.39 is 74.0 Å². The van der Waals surface area contributed by atoms with Gasteiger partial charge in [-0.25, -0.2) is 0 Å². The number of carboxylic acids is 1. The zero-order valence-electron chi connectivity index (χ0n) is 17.5. The van der Waals surface area contributed by atoms with Crippen LogP contribution in [0, 0.1) is 0 Å². The molecule has 0 unspecified atom stereocenters. The van der Waals surface area contributed by atoms with Gasteiger partial charge >= 0.3 is 5.97 Å². The van der Waals surface area contributed by atoms with Crippen molar-refractivity contribution in [3.05, 3.63) is 29.8 Å². The smallest absolute Gasteiger partial charge is 0.322 e. The molecule has 0 aliphatic carbocycles. The van der Waals surface area contributed by atoms with E-state index in [1.54, 1.807) is 0 Å². The number of benzene rings is 1. The number of carboxylic acid groups (broad SMARTS) is 1. The van der Waals surface area contributed by atoms with E-state index >= 15 is 0 Å². The van der Waals surface area contributed by atoms with Gasteiger partial charge in [0.15, 0.2) is 0 Å². The van der Waals surface area contributed by atoms with Crippen LogP contribution in [0.2, 0.25) is 0 Å². The summed E-state index contributed by atoms with van der Waals surface area (Å²) in [6.07, 6.45) is -0.102. The summed E-state index contributed by atoms with van der Waals surface area (Å²) in [6, 6.07) is 1.38. The Balaban J connectivity index is 2.93. The lowest BCUT2D eigenvalue weighted by molar-refractivity contribution is -0.138. The maximum Gasteiger partial charge on any atom is 0.322 e. The number of carbonyl (C=O) groups is 5. The maximum absolute atomic E-state index is 12.6. The molecular weight excluding hydrogens is 442 g/mol. The van der Waals surface area contributed by atoms with Crippen LogP contribution in [0.5, 0.6) is 5.75 Å². The summed E-state index contributed by atoms with van der Waals surface area (Å²) in [5.41, 5.74) is 5.64. The van der Waals surface area contributed by atoms with E-state index in [1.807, 2.05) is 0 Å². The fraction of sp³-hybridized carbons (Fsp3) is 0.421. The number of aromatic hydroxyl groups is 1. The van der Waals surface area contributed by atoms with Crippen LogP contribution in [0.15, 0.2) is 24.3 Å². The second-order valence-corrected chi connectivity index (χ2v) is 6.79. The van der Waals surface area contributed by atoms with Crippen LogP contribution in [-0.4, -0.2) is 94.5 Å². The lowest BCUT2D eigenvalue weighted by atomic mass is 10.0. The van der Waals surface area contributed by atoms with Gasteiger partial charge in [0.1, 0.15) is 30.4 Å². The fourth-order valence-electron chi connectivity index (χ4n) is 2.55. The molecule has 0 saturated heterocycles. The molecule has 0 bridgehead atoms. The van der Waals surface area contributed by atoms with Crippen LogP contribution >= 0.6 is 0 Å². The first-order valence-electron chi connectivity index (χ1n) is 9.70. The number of nitrogens with two attached hydrogens (primary N) is 1. The molecule has 182 valence electrons. The maximum atomic E-state index is 12.6. The standard InChI is InChI=1S/C19H27N5O9/c20-6-15(28)22-13(8-25)18(32)24-14(9-26)19(33)23-12(17(31)21-7-16(29)30)5-10-1-3-11(27)4-2-10/h1-4,12-14,25-27H,5-9,20H2,(H,21,31)(H,22,28)(H,23,33)(H,24,32)(H,29,30)/t12-,13-,14-/m0/s1. The number of aliphatic hydroxyl groups excluding tert-OH is 2. The number of aliphatic carboxylic acids is 1. The van der Waals surface area contributed by atoms with Gasteiger partial charge < -0.3 is 47.4 Å². The highest BCUT2D eigenvalue weighted by atomic mass is 16.4. The Morgan fingerprint density at radius 1 is 0.818 bits per heavy atom. The molecule has 4 amide bonds. The van der Waals surface area contributed by atoms with Gasteiger partial charge in [0.25, 0.3) is 0 Å². The summed E-state index contributed by atoms with van der Waals surface area (Å²) in [7, 11) is 0. The molecule has 1 rings (SSSR count). The summed E-state index contributed by atoms with van der Waals surface area (Å²) in [4.78, 5) is 59.3. The topological polar surface area (TPSA) is 240 Å². The van der Waals surface area contributed by atoms with Crippen LogP contribution in [0.4, 0.5) is 0 Å². The van der Waals surface area contributed by atoms with Crippen LogP contribution in [0.3, 0.4) is 0 Å². The molecule has 0 aliphatic heterocycles. The Morgan fingerprint density at radius 3 is 1.82 bits per heavy atom. The van der Waals surface area contributed by atoms with Gasteiger partial charge in [-0.15, -0.1) is 0 Å². The first kappa shape index (κ1) is 27.3. The third-order valence-corrected chi connectivity index (χ3v) is 4.26. The lowest BCUT2D eigenvalue weighted by Gasteiger charge is -2.23. The minimum atomic E-state index is -1.56. The number of amides is 4. The predicted octanol–water partition coefficient (Wildman–Crippen LogP) is -4.47. The van der Waals surface area contributed by atoms with Crippen molar-refractivity contribution in [1.82, 2.24) is 21.3 Å². The number of nitrogens with one attached hydrogen (secondary N) is 4. The predicted molar refractivity (Wildman–Crippen MR) is 111 cm³/mol. The van der Waals surface area contributed by atoms with Gasteiger partial charge in [-0.1, -0.05) is 12.1 Å². The molecule has 3 atom stereocenters. The average Bonchev–Trinajstić information content (AvgIpc) is 2.79. The van der Waals surface area contributed by atoms with E-state index in [4.69, 9.17) is 10.8 Å². The second-order valence-electron chi connectivity index (χ2n) is 6.79. The first-order chi connectivity index (χ1) is 15.6. The van der Waals surface area contributed by atoms with Crippen LogP contribution in [-0.2, 0) is 30.4 Å². The van der Waals surface area contributed by atoms with E-state index in [2.05, 4.69) is 21.3 Å². The summed E-state index contributed by atoms with van der Waals surface area (Å²) in [5.74, 6) is -4.89. The van der Waals surface area contributed by atoms with E-state index in [-0.39, 0.29) is 12.2 Å². The van der Waals surface area contributed by atoms with Crippen LogP contribution in [0.1, 0.15) is 5.56 Å². The lowest BCUT2D eigenvalue weighted by Crippen LogP contribution is -2.59. The zero-order chi connectivity index (χ0) is 25.0. The van der Waals surface area contributed by atoms with Gasteiger partial charge in [-0.3, -0.25) is 24.0 Å². The van der Waals surface area contributed by atoms with E-state index in [1.165, 1.54) is 24.3 Å². The summed E-state index contributed by atoms with van der Waals surface area (Å²) in [5, 5.41) is 45.6. The minimum absolute atomic E-state index is 0.0297.